The van der Waals surface area contributed by atoms with Crippen molar-refractivity contribution in [3.05, 3.63) is 89.7 Å². The van der Waals surface area contributed by atoms with E-state index in [-0.39, 0.29) is 18.1 Å². The fourth-order valence-electron chi connectivity index (χ4n) is 3.49. The zero-order valence-corrected chi connectivity index (χ0v) is 17.4. The van der Waals surface area contributed by atoms with E-state index in [1.165, 1.54) is 11.1 Å². The van der Waals surface area contributed by atoms with E-state index >= 15 is 0 Å². The Bertz CT molecular complexity index is 851. The maximum absolute atomic E-state index is 12.3. The van der Waals surface area contributed by atoms with Crippen molar-refractivity contribution in [1.29, 1.82) is 0 Å². The van der Waals surface area contributed by atoms with Crippen LogP contribution in [0.25, 0.3) is 0 Å². The molecule has 0 N–H and O–H groups in total. The molecule has 0 amide bonds. The smallest absolute Gasteiger partial charge is 0.356 e. The Morgan fingerprint density at radius 1 is 0.966 bits per heavy atom. The fraction of sp³-hybridized carbons (Fsp3) is 0.333. The lowest BCUT2D eigenvalue weighted by atomic mass is 10.1. The molecule has 1 aromatic heterocycles. The summed E-state index contributed by atoms with van der Waals surface area (Å²) in [5.41, 5.74) is 3.01. The van der Waals surface area contributed by atoms with Crippen LogP contribution in [0.3, 0.4) is 0 Å². The van der Waals surface area contributed by atoms with Gasteiger partial charge >= 0.3 is 5.97 Å². The minimum absolute atomic E-state index is 0.00293. The molecule has 3 aromatic rings. The second-order valence-electron chi connectivity index (χ2n) is 7.24. The van der Waals surface area contributed by atoms with E-state index < -0.39 is 0 Å². The summed E-state index contributed by atoms with van der Waals surface area (Å²) in [5.74, 6) is -0.332. The van der Waals surface area contributed by atoms with Crippen molar-refractivity contribution in [2.45, 2.75) is 45.9 Å². The molecular formula is C24H29N3O2. The number of esters is 1. The highest BCUT2D eigenvalue weighted by Gasteiger charge is 2.26. The number of rotatable bonds is 9. The molecule has 0 aliphatic carbocycles. The van der Waals surface area contributed by atoms with Gasteiger partial charge in [0.2, 0.25) is 0 Å². The summed E-state index contributed by atoms with van der Waals surface area (Å²) < 4.78 is 6.98. The molecular weight excluding hydrogens is 362 g/mol. The van der Waals surface area contributed by atoms with E-state index in [1.54, 1.807) is 16.9 Å². The van der Waals surface area contributed by atoms with Crippen LogP contribution in [0.2, 0.25) is 0 Å². The summed E-state index contributed by atoms with van der Waals surface area (Å²) in [6, 6.07) is 22.8. The van der Waals surface area contributed by atoms with Crippen LogP contribution in [-0.2, 0) is 17.8 Å². The van der Waals surface area contributed by atoms with Gasteiger partial charge in [-0.05, 0) is 38.0 Å². The van der Waals surface area contributed by atoms with Crippen molar-refractivity contribution in [2.24, 2.45) is 0 Å². The average Bonchev–Trinajstić information content (AvgIpc) is 3.24. The van der Waals surface area contributed by atoms with Crippen LogP contribution >= 0.6 is 0 Å². The van der Waals surface area contributed by atoms with Gasteiger partial charge in [-0.25, -0.2) is 4.79 Å². The van der Waals surface area contributed by atoms with Crippen molar-refractivity contribution in [3.63, 3.8) is 0 Å². The van der Waals surface area contributed by atoms with Gasteiger partial charge in [-0.15, -0.1) is 0 Å². The molecule has 0 spiro atoms. The van der Waals surface area contributed by atoms with Crippen LogP contribution in [0.1, 0.15) is 48.4 Å². The predicted octanol–water partition coefficient (Wildman–Crippen LogP) is 4.71. The largest absolute Gasteiger partial charge is 0.461 e. The molecule has 152 valence electrons. The second kappa shape index (κ2) is 10.0. The topological polar surface area (TPSA) is 47.4 Å². The lowest BCUT2D eigenvalue weighted by Gasteiger charge is -2.34. The molecule has 0 saturated heterocycles. The van der Waals surface area contributed by atoms with Gasteiger partial charge in [0, 0.05) is 25.3 Å². The summed E-state index contributed by atoms with van der Waals surface area (Å²) in [6.07, 6.45) is 1.66. The predicted molar refractivity (Wildman–Crippen MR) is 114 cm³/mol. The molecule has 0 aliphatic heterocycles. The highest BCUT2D eigenvalue weighted by atomic mass is 16.5. The number of nitrogens with zero attached hydrogens (tertiary/aromatic N) is 3. The second-order valence-corrected chi connectivity index (χ2v) is 7.24. The van der Waals surface area contributed by atoms with Gasteiger partial charge in [-0.1, -0.05) is 60.7 Å². The van der Waals surface area contributed by atoms with Crippen LogP contribution < -0.4 is 0 Å². The first-order chi connectivity index (χ1) is 14.1. The van der Waals surface area contributed by atoms with Crippen molar-refractivity contribution in [2.75, 3.05) is 6.61 Å². The Morgan fingerprint density at radius 2 is 1.52 bits per heavy atom. The number of carbonyl (C=O) groups excluding carboxylic acids is 1. The van der Waals surface area contributed by atoms with E-state index in [1.807, 2.05) is 19.1 Å². The molecule has 1 heterocycles. The molecule has 0 radical (unpaired) electrons. The lowest BCUT2D eigenvalue weighted by Crippen LogP contribution is -2.39. The highest BCUT2D eigenvalue weighted by molar-refractivity contribution is 5.87. The summed E-state index contributed by atoms with van der Waals surface area (Å²) in [7, 11) is 0. The molecule has 2 aromatic carbocycles. The number of hydrogen-bond acceptors (Lipinski definition) is 4. The van der Waals surface area contributed by atoms with Crippen LogP contribution in [0, 0.1) is 0 Å². The summed E-state index contributed by atoms with van der Waals surface area (Å²) in [6.45, 7) is 8.08. The number of carbonyl (C=O) groups is 1. The average molecular weight is 392 g/mol. The lowest BCUT2D eigenvalue weighted by molar-refractivity contribution is 0.0501. The van der Waals surface area contributed by atoms with Crippen molar-refractivity contribution >= 4 is 5.97 Å². The monoisotopic (exact) mass is 391 g/mol. The Hall–Kier alpha value is -2.92. The van der Waals surface area contributed by atoms with Crippen LogP contribution in [-0.4, -0.2) is 33.3 Å². The zero-order valence-electron chi connectivity index (χ0n) is 17.4. The molecule has 3 rings (SSSR count). The number of aromatic nitrogens is 2. The molecule has 0 saturated carbocycles. The third kappa shape index (κ3) is 5.33. The molecule has 0 fully saturated rings. The van der Waals surface area contributed by atoms with E-state index in [2.05, 4.69) is 72.4 Å². The Balaban J connectivity index is 1.84. The molecule has 0 aliphatic rings. The molecule has 29 heavy (non-hydrogen) atoms. The Morgan fingerprint density at radius 3 is 2.03 bits per heavy atom. The van der Waals surface area contributed by atoms with Crippen LogP contribution in [0.5, 0.6) is 0 Å². The van der Waals surface area contributed by atoms with Crippen molar-refractivity contribution < 1.29 is 9.53 Å². The van der Waals surface area contributed by atoms with Crippen LogP contribution in [0.4, 0.5) is 0 Å². The van der Waals surface area contributed by atoms with Gasteiger partial charge in [-0.3, -0.25) is 9.58 Å². The van der Waals surface area contributed by atoms with E-state index in [0.717, 1.165) is 13.1 Å². The molecule has 0 bridgehead atoms. The highest BCUT2D eigenvalue weighted by Crippen LogP contribution is 2.23. The first-order valence-electron chi connectivity index (χ1n) is 10.1. The van der Waals surface area contributed by atoms with E-state index in [9.17, 15) is 4.79 Å². The van der Waals surface area contributed by atoms with Crippen molar-refractivity contribution in [1.82, 2.24) is 14.7 Å². The maximum Gasteiger partial charge on any atom is 0.356 e. The third-order valence-corrected chi connectivity index (χ3v) is 5.27. The standard InChI is InChI=1S/C24H29N3O2/c1-4-29-24(28)23-15-16-25-27(23)20(3)19(2)26(17-21-11-7-5-8-12-21)18-22-13-9-6-10-14-22/h5-16,19-20H,4,17-18H2,1-3H3. The van der Waals surface area contributed by atoms with E-state index in [0.29, 0.717) is 12.3 Å². The molecule has 5 nitrogen and oxygen atoms in total. The first-order valence-corrected chi connectivity index (χ1v) is 10.1. The number of hydrogen-bond donors (Lipinski definition) is 0. The molecule has 5 heteroatoms. The minimum atomic E-state index is -0.332. The Kier molecular flexibility index (Phi) is 7.19. The SMILES string of the molecule is CCOC(=O)c1ccnn1C(C)C(C)N(Cc1ccccc1)Cc1ccccc1. The van der Waals surface area contributed by atoms with Gasteiger partial charge < -0.3 is 4.74 Å². The first kappa shape index (κ1) is 20.8. The van der Waals surface area contributed by atoms with Gasteiger partial charge in [0.05, 0.1) is 12.6 Å². The van der Waals surface area contributed by atoms with Crippen LogP contribution in [0.15, 0.2) is 72.9 Å². The van der Waals surface area contributed by atoms with Gasteiger partial charge in [-0.2, -0.15) is 5.10 Å². The number of ether oxygens (including phenoxy) is 1. The van der Waals surface area contributed by atoms with Crippen molar-refractivity contribution in [3.8, 4) is 0 Å². The summed E-state index contributed by atoms with van der Waals surface area (Å²) >= 11 is 0. The van der Waals surface area contributed by atoms with Gasteiger partial charge in [0.25, 0.3) is 0 Å². The Labute approximate surface area is 172 Å². The summed E-state index contributed by atoms with van der Waals surface area (Å²) in [4.78, 5) is 14.7. The van der Waals surface area contributed by atoms with Gasteiger partial charge in [0.15, 0.2) is 0 Å². The fourth-order valence-corrected chi connectivity index (χ4v) is 3.49. The normalized spacial score (nSPS) is 13.2. The number of benzene rings is 2. The zero-order chi connectivity index (χ0) is 20.6. The third-order valence-electron chi connectivity index (χ3n) is 5.27. The molecule has 2 atom stereocenters. The summed E-state index contributed by atoms with van der Waals surface area (Å²) in [5, 5.41) is 4.43. The maximum atomic E-state index is 12.3. The minimum Gasteiger partial charge on any atom is -0.461 e. The van der Waals surface area contributed by atoms with Gasteiger partial charge in [0.1, 0.15) is 5.69 Å². The quantitative estimate of drug-likeness (QED) is 0.496. The molecule has 2 unspecified atom stereocenters. The van der Waals surface area contributed by atoms with E-state index in [4.69, 9.17) is 4.74 Å².